The lowest BCUT2D eigenvalue weighted by atomic mass is 10.1. The van der Waals surface area contributed by atoms with Crippen molar-refractivity contribution in [3.05, 3.63) is 59.2 Å². The Hall–Kier alpha value is -2.38. The minimum absolute atomic E-state index is 0.00658. The number of sulfonamides is 1. The highest BCUT2D eigenvalue weighted by Crippen LogP contribution is 2.25. The van der Waals surface area contributed by atoms with Crippen LogP contribution in [0, 0.1) is 6.92 Å². The van der Waals surface area contributed by atoms with Gasteiger partial charge < -0.3 is 10.1 Å². The van der Waals surface area contributed by atoms with Crippen LogP contribution in [0.1, 0.15) is 42.3 Å². The highest BCUT2D eigenvalue weighted by molar-refractivity contribution is 7.89. The lowest BCUT2D eigenvalue weighted by Crippen LogP contribution is -2.30. The summed E-state index contributed by atoms with van der Waals surface area (Å²) < 4.78 is 32.7. The first-order valence-corrected chi connectivity index (χ1v) is 10.7. The monoisotopic (exact) mass is 404 g/mol. The standard InChI is InChI=1S/C21H28N2O4S/c1-6-27-20-12-9-17(21(24)22-15(2)3)13-18(20)14-23(5)28(25,26)19-10-7-16(4)8-11-19/h7-13,15H,6,14H2,1-5H3,(H,22,24). The molecule has 0 aliphatic carbocycles. The van der Waals surface area contributed by atoms with Gasteiger partial charge in [-0.25, -0.2) is 8.42 Å². The van der Waals surface area contributed by atoms with E-state index in [2.05, 4.69) is 5.32 Å². The summed E-state index contributed by atoms with van der Waals surface area (Å²) in [6.45, 7) is 8.07. The van der Waals surface area contributed by atoms with Gasteiger partial charge in [-0.05, 0) is 58.0 Å². The molecule has 0 fully saturated rings. The fourth-order valence-electron chi connectivity index (χ4n) is 2.70. The third kappa shape index (κ3) is 5.33. The van der Waals surface area contributed by atoms with E-state index < -0.39 is 10.0 Å². The van der Waals surface area contributed by atoms with Gasteiger partial charge in [0.25, 0.3) is 5.91 Å². The Morgan fingerprint density at radius 1 is 1.14 bits per heavy atom. The van der Waals surface area contributed by atoms with Gasteiger partial charge in [-0.2, -0.15) is 4.31 Å². The molecule has 6 nitrogen and oxygen atoms in total. The van der Waals surface area contributed by atoms with Crippen LogP contribution >= 0.6 is 0 Å². The van der Waals surface area contributed by atoms with Crippen molar-refractivity contribution in [2.24, 2.45) is 0 Å². The van der Waals surface area contributed by atoms with Gasteiger partial charge in [0.05, 0.1) is 11.5 Å². The summed E-state index contributed by atoms with van der Waals surface area (Å²) in [6, 6.07) is 11.8. The van der Waals surface area contributed by atoms with E-state index in [4.69, 9.17) is 4.74 Å². The molecule has 0 aliphatic rings. The molecule has 7 heteroatoms. The number of aryl methyl sites for hydroxylation is 1. The largest absolute Gasteiger partial charge is 0.494 e. The van der Waals surface area contributed by atoms with Gasteiger partial charge in [-0.15, -0.1) is 0 Å². The molecule has 0 aliphatic heterocycles. The van der Waals surface area contributed by atoms with Crippen LogP contribution in [0.15, 0.2) is 47.4 Å². The molecular weight excluding hydrogens is 376 g/mol. The van der Waals surface area contributed by atoms with E-state index in [1.165, 1.54) is 11.4 Å². The van der Waals surface area contributed by atoms with Gasteiger partial charge in [-0.3, -0.25) is 4.79 Å². The summed E-state index contributed by atoms with van der Waals surface area (Å²) in [4.78, 5) is 12.6. The molecule has 1 N–H and O–H groups in total. The molecule has 28 heavy (non-hydrogen) atoms. The molecule has 0 atom stereocenters. The Balaban J connectivity index is 2.33. The number of rotatable bonds is 8. The van der Waals surface area contributed by atoms with E-state index >= 15 is 0 Å². The number of nitrogens with zero attached hydrogens (tertiary/aromatic N) is 1. The van der Waals surface area contributed by atoms with Crippen LogP contribution < -0.4 is 10.1 Å². The van der Waals surface area contributed by atoms with Crippen LogP contribution in [0.3, 0.4) is 0 Å². The van der Waals surface area contributed by atoms with Gasteiger partial charge in [-0.1, -0.05) is 17.7 Å². The normalized spacial score (nSPS) is 11.7. The van der Waals surface area contributed by atoms with E-state index in [9.17, 15) is 13.2 Å². The van der Waals surface area contributed by atoms with E-state index in [0.29, 0.717) is 23.5 Å². The molecule has 0 radical (unpaired) electrons. The number of hydrogen-bond donors (Lipinski definition) is 1. The SMILES string of the molecule is CCOc1ccc(C(=O)NC(C)C)cc1CN(C)S(=O)(=O)c1ccc(C)cc1. The summed E-state index contributed by atoms with van der Waals surface area (Å²) in [6.07, 6.45) is 0. The third-order valence-electron chi connectivity index (χ3n) is 4.16. The predicted molar refractivity (Wildman–Crippen MR) is 110 cm³/mol. The minimum Gasteiger partial charge on any atom is -0.494 e. The van der Waals surface area contributed by atoms with Crippen LogP contribution in [0.5, 0.6) is 5.75 Å². The zero-order valence-corrected chi connectivity index (χ0v) is 17.8. The van der Waals surface area contributed by atoms with Crippen LogP contribution in [0.25, 0.3) is 0 Å². The maximum absolute atomic E-state index is 12.9. The van der Waals surface area contributed by atoms with Crippen LogP contribution in [0.4, 0.5) is 0 Å². The summed E-state index contributed by atoms with van der Waals surface area (Å²) in [7, 11) is -2.14. The van der Waals surface area contributed by atoms with Gasteiger partial charge >= 0.3 is 0 Å². The number of nitrogens with one attached hydrogen (secondary N) is 1. The van der Waals surface area contributed by atoms with Crippen molar-refractivity contribution in [2.75, 3.05) is 13.7 Å². The summed E-state index contributed by atoms with van der Waals surface area (Å²) >= 11 is 0. The van der Waals surface area contributed by atoms with Gasteiger partial charge in [0.2, 0.25) is 10.0 Å². The lowest BCUT2D eigenvalue weighted by Gasteiger charge is -2.20. The molecule has 0 bridgehead atoms. The van der Waals surface area contributed by atoms with Crippen molar-refractivity contribution < 1.29 is 17.9 Å². The molecule has 2 rings (SSSR count). The van der Waals surface area contributed by atoms with Gasteiger partial charge in [0.1, 0.15) is 5.75 Å². The molecule has 2 aromatic carbocycles. The second-order valence-corrected chi connectivity index (χ2v) is 9.00. The molecule has 0 saturated heterocycles. The number of carbonyl (C=O) groups excluding carboxylic acids is 1. The molecule has 0 saturated carbocycles. The molecule has 2 aromatic rings. The third-order valence-corrected chi connectivity index (χ3v) is 5.98. The van der Waals surface area contributed by atoms with E-state index in [1.54, 1.807) is 42.5 Å². The number of hydrogen-bond acceptors (Lipinski definition) is 4. The van der Waals surface area contributed by atoms with Crippen molar-refractivity contribution >= 4 is 15.9 Å². The predicted octanol–water partition coefficient (Wildman–Crippen LogP) is 3.35. The van der Waals surface area contributed by atoms with E-state index in [0.717, 1.165) is 5.56 Å². The van der Waals surface area contributed by atoms with E-state index in [1.807, 2.05) is 27.7 Å². The summed E-state index contributed by atoms with van der Waals surface area (Å²) in [5, 5.41) is 2.84. The van der Waals surface area contributed by atoms with Crippen LogP contribution in [-0.4, -0.2) is 38.3 Å². The molecule has 0 spiro atoms. The van der Waals surface area contributed by atoms with Crippen molar-refractivity contribution in [1.82, 2.24) is 9.62 Å². The van der Waals surface area contributed by atoms with Crippen molar-refractivity contribution in [3.8, 4) is 5.75 Å². The molecule has 1 amide bonds. The van der Waals surface area contributed by atoms with Crippen molar-refractivity contribution in [1.29, 1.82) is 0 Å². The molecular formula is C21H28N2O4S. The molecule has 152 valence electrons. The highest BCUT2D eigenvalue weighted by Gasteiger charge is 2.22. The molecule has 0 unspecified atom stereocenters. The number of benzene rings is 2. The minimum atomic E-state index is -3.66. The summed E-state index contributed by atoms with van der Waals surface area (Å²) in [5.41, 5.74) is 2.09. The van der Waals surface area contributed by atoms with Crippen molar-refractivity contribution in [3.63, 3.8) is 0 Å². The van der Waals surface area contributed by atoms with Gasteiger partial charge in [0.15, 0.2) is 0 Å². The van der Waals surface area contributed by atoms with Crippen LogP contribution in [0.2, 0.25) is 0 Å². The Labute approximate surface area is 167 Å². The zero-order chi connectivity index (χ0) is 20.9. The first-order chi connectivity index (χ1) is 13.1. The highest BCUT2D eigenvalue weighted by atomic mass is 32.2. The average molecular weight is 405 g/mol. The second kappa shape index (κ2) is 9.21. The molecule has 0 heterocycles. The Bertz CT molecular complexity index is 922. The van der Waals surface area contributed by atoms with Crippen molar-refractivity contribution in [2.45, 2.75) is 45.2 Å². The fraction of sp³-hybridized carbons (Fsp3) is 0.381. The first-order valence-electron chi connectivity index (χ1n) is 9.24. The first kappa shape index (κ1) is 21.9. The number of carbonyl (C=O) groups is 1. The number of ether oxygens (including phenoxy) is 1. The Morgan fingerprint density at radius 3 is 2.36 bits per heavy atom. The van der Waals surface area contributed by atoms with Crippen LogP contribution in [-0.2, 0) is 16.6 Å². The second-order valence-electron chi connectivity index (χ2n) is 6.96. The Kier molecular flexibility index (Phi) is 7.21. The fourth-order valence-corrected chi connectivity index (χ4v) is 3.85. The lowest BCUT2D eigenvalue weighted by molar-refractivity contribution is 0.0943. The van der Waals surface area contributed by atoms with Gasteiger partial charge in [0, 0.05) is 30.8 Å². The quantitative estimate of drug-likeness (QED) is 0.732. The zero-order valence-electron chi connectivity index (χ0n) is 17.0. The number of amides is 1. The average Bonchev–Trinajstić information content (AvgIpc) is 2.63. The maximum Gasteiger partial charge on any atom is 0.251 e. The summed E-state index contributed by atoms with van der Waals surface area (Å²) in [5.74, 6) is 0.359. The maximum atomic E-state index is 12.9. The van der Waals surface area contributed by atoms with E-state index in [-0.39, 0.29) is 23.4 Å². The smallest absolute Gasteiger partial charge is 0.251 e. The topological polar surface area (TPSA) is 75.7 Å². The molecule has 0 aromatic heterocycles. The Morgan fingerprint density at radius 2 is 1.79 bits per heavy atom.